The molecule has 1 spiro atoms. The van der Waals surface area contributed by atoms with Crippen molar-refractivity contribution in [3.63, 3.8) is 0 Å². The van der Waals surface area contributed by atoms with Gasteiger partial charge in [0, 0.05) is 6.54 Å². The topological polar surface area (TPSA) is 107 Å². The van der Waals surface area contributed by atoms with Gasteiger partial charge in [-0.15, -0.1) is 6.58 Å². The van der Waals surface area contributed by atoms with E-state index in [1.165, 1.54) is 9.80 Å². The molecule has 0 aromatic heterocycles. The van der Waals surface area contributed by atoms with E-state index in [9.17, 15) is 24.6 Å². The molecular weight excluding hydrogens is 508 g/mol. The van der Waals surface area contributed by atoms with E-state index < -0.39 is 60.0 Å². The Balaban J connectivity index is 1.64. The van der Waals surface area contributed by atoms with Gasteiger partial charge in [0.25, 0.3) is 5.91 Å². The fraction of sp³-hybridized carbons (Fsp3) is 0.414. The molecule has 3 aliphatic rings. The minimum Gasteiger partial charge on any atom is -0.481 e. The zero-order valence-corrected chi connectivity index (χ0v) is 21.9. The first-order chi connectivity index (χ1) is 18.2. The number of carbonyl (C=O) groups is 3. The summed E-state index contributed by atoms with van der Waals surface area (Å²) in [5.74, 6) is -4.09. The highest BCUT2D eigenvalue weighted by molar-refractivity contribution is 6.34. The number of aliphatic hydroxyl groups excluding tert-OH is 1. The van der Waals surface area contributed by atoms with Crippen molar-refractivity contribution in [1.29, 1.82) is 0 Å². The molecule has 2 aromatic rings. The van der Waals surface area contributed by atoms with Crippen molar-refractivity contribution >= 4 is 35.1 Å². The standard InChI is InChI=1S/C29H31ClN2O6/c1-3-14-31(24-17(2)8-7-11-20(24)30)27(35)25-29-13-12-21(38-29)22(28(36)37)23(29)26(34)32(25)19(16-33)15-18-9-5-4-6-10-18/h3-11,19,21-23,25,33H,1,12-16H2,2H3,(H,36,37)/t19-,21-,22+,23+,25?,29?/m1/s1. The number of carboxylic acids is 1. The number of amides is 2. The number of hydrogen-bond donors (Lipinski definition) is 2. The molecule has 9 heteroatoms. The largest absolute Gasteiger partial charge is 0.481 e. The average Bonchev–Trinajstić information content (AvgIpc) is 3.54. The number of benzene rings is 2. The quantitative estimate of drug-likeness (QED) is 0.475. The molecule has 8 nitrogen and oxygen atoms in total. The van der Waals surface area contributed by atoms with Crippen LogP contribution in [0.15, 0.2) is 61.2 Å². The minimum absolute atomic E-state index is 0.122. The molecule has 2 amide bonds. The maximum absolute atomic E-state index is 14.6. The number of ether oxygens (including phenoxy) is 1. The molecule has 3 fully saturated rings. The number of carboxylic acid groups (broad SMARTS) is 1. The summed E-state index contributed by atoms with van der Waals surface area (Å²) in [6.07, 6.45) is 2.04. The van der Waals surface area contributed by atoms with Gasteiger partial charge in [0.1, 0.15) is 11.6 Å². The molecule has 38 heavy (non-hydrogen) atoms. The molecule has 0 aliphatic carbocycles. The first-order valence-corrected chi connectivity index (χ1v) is 13.2. The molecule has 2 unspecified atom stereocenters. The van der Waals surface area contributed by atoms with Gasteiger partial charge >= 0.3 is 5.97 Å². The van der Waals surface area contributed by atoms with E-state index in [4.69, 9.17) is 16.3 Å². The van der Waals surface area contributed by atoms with E-state index in [0.29, 0.717) is 30.0 Å². The van der Waals surface area contributed by atoms with Crippen molar-refractivity contribution in [3.05, 3.63) is 77.3 Å². The first kappa shape index (κ1) is 26.4. The van der Waals surface area contributed by atoms with Crippen LogP contribution in [0.1, 0.15) is 24.0 Å². The molecule has 6 atom stereocenters. The van der Waals surface area contributed by atoms with Gasteiger partial charge in [-0.05, 0) is 43.4 Å². The van der Waals surface area contributed by atoms with E-state index in [2.05, 4.69) is 6.58 Å². The Hall–Kier alpha value is -3.20. The van der Waals surface area contributed by atoms with Crippen molar-refractivity contribution in [3.8, 4) is 0 Å². The van der Waals surface area contributed by atoms with Crippen LogP contribution >= 0.6 is 11.6 Å². The Bertz CT molecular complexity index is 1250. The zero-order chi connectivity index (χ0) is 27.2. The summed E-state index contributed by atoms with van der Waals surface area (Å²) in [5.41, 5.74) is 0.837. The van der Waals surface area contributed by atoms with Crippen molar-refractivity contribution < 1.29 is 29.3 Å². The molecule has 3 saturated heterocycles. The average molecular weight is 539 g/mol. The molecule has 0 saturated carbocycles. The number of carbonyl (C=O) groups excluding carboxylic acids is 2. The van der Waals surface area contributed by atoms with Gasteiger partial charge in [0.05, 0.1) is 41.3 Å². The molecule has 2 N–H and O–H groups in total. The Morgan fingerprint density at radius 2 is 2.00 bits per heavy atom. The van der Waals surface area contributed by atoms with Crippen LogP contribution in [0.5, 0.6) is 0 Å². The number of likely N-dealkylation sites (tertiary alicyclic amines) is 1. The lowest BCUT2D eigenvalue weighted by Crippen LogP contribution is -2.59. The van der Waals surface area contributed by atoms with Gasteiger partial charge in [-0.1, -0.05) is 60.1 Å². The second kappa shape index (κ2) is 10.2. The fourth-order valence-corrected chi connectivity index (χ4v) is 7.04. The monoisotopic (exact) mass is 538 g/mol. The first-order valence-electron chi connectivity index (χ1n) is 12.8. The predicted molar refractivity (Wildman–Crippen MR) is 142 cm³/mol. The maximum Gasteiger partial charge on any atom is 0.310 e. The van der Waals surface area contributed by atoms with Crippen molar-refractivity contribution in [2.75, 3.05) is 18.1 Å². The van der Waals surface area contributed by atoms with Gasteiger partial charge in [-0.2, -0.15) is 0 Å². The lowest BCUT2D eigenvalue weighted by Gasteiger charge is -2.39. The molecule has 2 bridgehead atoms. The van der Waals surface area contributed by atoms with Crippen LogP contribution in [0, 0.1) is 18.8 Å². The van der Waals surface area contributed by atoms with Crippen LogP contribution in [0.3, 0.4) is 0 Å². The number of para-hydroxylation sites is 1. The molecule has 0 radical (unpaired) electrons. The second-order valence-electron chi connectivity index (χ2n) is 10.3. The zero-order valence-electron chi connectivity index (χ0n) is 21.1. The third-order valence-electron chi connectivity index (χ3n) is 8.21. The molecule has 2 aromatic carbocycles. The van der Waals surface area contributed by atoms with Crippen LogP contribution < -0.4 is 4.90 Å². The number of fused-ring (bicyclic) bond motifs is 1. The van der Waals surface area contributed by atoms with Crippen molar-refractivity contribution in [1.82, 2.24) is 4.90 Å². The predicted octanol–water partition coefficient (Wildman–Crippen LogP) is 3.23. The van der Waals surface area contributed by atoms with Crippen LogP contribution in [0.25, 0.3) is 0 Å². The minimum atomic E-state index is -1.30. The van der Waals surface area contributed by atoms with Crippen LogP contribution in [0.4, 0.5) is 5.69 Å². The van der Waals surface area contributed by atoms with Gasteiger partial charge in [-0.3, -0.25) is 14.4 Å². The molecule has 3 heterocycles. The smallest absolute Gasteiger partial charge is 0.310 e. The van der Waals surface area contributed by atoms with Crippen molar-refractivity contribution in [2.45, 2.75) is 50.0 Å². The van der Waals surface area contributed by atoms with E-state index in [1.807, 2.05) is 43.3 Å². The number of aliphatic carboxylic acids is 1. The third kappa shape index (κ3) is 4.02. The van der Waals surface area contributed by atoms with E-state index in [-0.39, 0.29) is 6.54 Å². The summed E-state index contributed by atoms with van der Waals surface area (Å²) >= 11 is 6.57. The third-order valence-corrected chi connectivity index (χ3v) is 8.52. The number of hydrogen-bond acceptors (Lipinski definition) is 5. The fourth-order valence-electron chi connectivity index (χ4n) is 6.72. The second-order valence-corrected chi connectivity index (χ2v) is 10.7. The van der Waals surface area contributed by atoms with Gasteiger partial charge in [-0.25, -0.2) is 0 Å². The Labute approximate surface area is 226 Å². The Morgan fingerprint density at radius 3 is 2.63 bits per heavy atom. The summed E-state index contributed by atoms with van der Waals surface area (Å²) in [4.78, 5) is 43.9. The highest BCUT2D eigenvalue weighted by Gasteiger charge is 2.75. The van der Waals surface area contributed by atoms with E-state index in [1.54, 1.807) is 18.2 Å². The van der Waals surface area contributed by atoms with E-state index >= 15 is 0 Å². The highest BCUT2D eigenvalue weighted by atomic mass is 35.5. The number of aliphatic hydroxyl groups is 1. The molecule has 3 aliphatic heterocycles. The summed E-state index contributed by atoms with van der Waals surface area (Å²) in [6.45, 7) is 5.38. The van der Waals surface area contributed by atoms with E-state index in [0.717, 1.165) is 11.1 Å². The number of rotatable bonds is 9. The Morgan fingerprint density at radius 1 is 1.26 bits per heavy atom. The lowest BCUT2D eigenvalue weighted by molar-refractivity contribution is -0.151. The maximum atomic E-state index is 14.6. The summed E-state index contributed by atoms with van der Waals surface area (Å²) in [7, 11) is 0. The van der Waals surface area contributed by atoms with Crippen molar-refractivity contribution in [2.24, 2.45) is 11.8 Å². The van der Waals surface area contributed by atoms with Gasteiger partial charge < -0.3 is 24.7 Å². The SMILES string of the molecule is C=CCN(C(=O)C1N([C@@H](CO)Cc2ccccc2)C(=O)[C@@H]2[C@@H](C(=O)O)[C@H]3CCC12O3)c1c(C)cccc1Cl. The Kier molecular flexibility index (Phi) is 7.07. The number of anilines is 1. The van der Waals surface area contributed by atoms with Crippen LogP contribution in [-0.4, -0.2) is 69.8 Å². The normalized spacial score (nSPS) is 28.3. The van der Waals surface area contributed by atoms with Crippen LogP contribution in [0.2, 0.25) is 5.02 Å². The lowest BCUT2D eigenvalue weighted by atomic mass is 9.70. The van der Waals surface area contributed by atoms with Crippen LogP contribution in [-0.2, 0) is 25.5 Å². The summed E-state index contributed by atoms with van der Waals surface area (Å²) in [5, 5.41) is 20.9. The van der Waals surface area contributed by atoms with Gasteiger partial charge in [0.2, 0.25) is 5.91 Å². The summed E-state index contributed by atoms with van der Waals surface area (Å²) < 4.78 is 6.33. The molecule has 5 rings (SSSR count). The molecular formula is C29H31ClN2O6. The van der Waals surface area contributed by atoms with Gasteiger partial charge in [0.15, 0.2) is 0 Å². The number of nitrogens with zero attached hydrogens (tertiary/aromatic N) is 2. The highest BCUT2D eigenvalue weighted by Crippen LogP contribution is 2.59. The number of aryl methyl sites for hydroxylation is 1. The number of halogens is 1. The summed E-state index contributed by atoms with van der Waals surface area (Å²) in [6, 6.07) is 12.8. The molecule has 200 valence electrons.